The Bertz CT molecular complexity index is 1560. The Morgan fingerprint density at radius 3 is 2.48 bits per heavy atom. The molecule has 2 aliphatic heterocycles. The van der Waals surface area contributed by atoms with E-state index in [1.807, 2.05) is 55.5 Å². The first-order chi connectivity index (χ1) is 21.4. The number of aliphatic hydroxyl groups is 1. The quantitative estimate of drug-likeness (QED) is 0.244. The van der Waals surface area contributed by atoms with Gasteiger partial charge in [0.05, 0.1) is 54.7 Å². The molecular weight excluding hydrogens is 584 g/mol. The number of carbonyl (C=O) groups excluding carboxylic acids is 1. The van der Waals surface area contributed by atoms with Gasteiger partial charge in [-0.2, -0.15) is 4.98 Å². The largest absolute Gasteiger partial charge is 0.464 e. The highest BCUT2D eigenvalue weighted by molar-refractivity contribution is 6.33. The summed E-state index contributed by atoms with van der Waals surface area (Å²) in [6.45, 7) is 6.73. The summed E-state index contributed by atoms with van der Waals surface area (Å²) in [5.41, 5.74) is 5.60. The van der Waals surface area contributed by atoms with E-state index in [1.54, 1.807) is 6.07 Å². The Morgan fingerprint density at radius 1 is 1.07 bits per heavy atom. The molecule has 2 N–H and O–H groups in total. The van der Waals surface area contributed by atoms with Crippen molar-refractivity contribution in [1.29, 1.82) is 0 Å². The van der Waals surface area contributed by atoms with E-state index in [2.05, 4.69) is 14.9 Å². The molecule has 2 fully saturated rings. The molecule has 44 heavy (non-hydrogen) atoms. The van der Waals surface area contributed by atoms with E-state index in [0.29, 0.717) is 47.5 Å². The number of pyridine rings is 1. The lowest BCUT2D eigenvalue weighted by Crippen LogP contribution is -2.43. The summed E-state index contributed by atoms with van der Waals surface area (Å²) in [6, 6.07) is 18.0. The number of aliphatic hydroxyl groups excluding tert-OH is 1. The van der Waals surface area contributed by atoms with Gasteiger partial charge in [-0.05, 0) is 29.2 Å². The number of benzene rings is 2. The maximum Gasteiger partial charge on any atom is 0.310 e. The molecule has 2 saturated heterocycles. The minimum absolute atomic E-state index is 0.161. The van der Waals surface area contributed by atoms with Crippen molar-refractivity contribution in [2.24, 2.45) is 0 Å². The van der Waals surface area contributed by atoms with E-state index in [9.17, 15) is 9.90 Å². The van der Waals surface area contributed by atoms with Crippen LogP contribution in [0, 0.1) is 0 Å². The molecule has 10 nitrogen and oxygen atoms in total. The van der Waals surface area contributed by atoms with Crippen LogP contribution in [0.15, 0.2) is 54.6 Å². The molecule has 0 unspecified atom stereocenters. The van der Waals surface area contributed by atoms with E-state index >= 15 is 0 Å². The van der Waals surface area contributed by atoms with Crippen molar-refractivity contribution >= 4 is 28.7 Å². The van der Waals surface area contributed by atoms with Gasteiger partial charge in [-0.3, -0.25) is 9.69 Å². The van der Waals surface area contributed by atoms with Crippen LogP contribution in [0.3, 0.4) is 0 Å². The van der Waals surface area contributed by atoms with Crippen LogP contribution >= 0.6 is 11.6 Å². The van der Waals surface area contributed by atoms with Crippen LogP contribution in [0.25, 0.3) is 33.5 Å². The number of hydrogen-bond acceptors (Lipinski definition) is 9. The highest BCUT2D eigenvalue weighted by Crippen LogP contribution is 2.32. The van der Waals surface area contributed by atoms with Gasteiger partial charge in [-0.25, -0.2) is 4.98 Å². The van der Waals surface area contributed by atoms with Gasteiger partial charge in [0.25, 0.3) is 6.01 Å². The van der Waals surface area contributed by atoms with Crippen LogP contribution in [-0.2, 0) is 25.4 Å². The number of hydrogen-bond donors (Lipinski definition) is 2. The lowest BCUT2D eigenvalue weighted by atomic mass is 10.0. The lowest BCUT2D eigenvalue weighted by molar-refractivity contribution is -0.143. The van der Waals surface area contributed by atoms with Gasteiger partial charge in [0.15, 0.2) is 5.65 Å². The number of aromatic amines is 1. The fraction of sp³-hybridized carbons (Fsp3) is 0.424. The number of H-pyrrole nitrogens is 1. The number of imidazole rings is 1. The van der Waals surface area contributed by atoms with Crippen molar-refractivity contribution in [3.63, 3.8) is 0 Å². The van der Waals surface area contributed by atoms with Gasteiger partial charge in [0, 0.05) is 31.6 Å². The van der Waals surface area contributed by atoms with Crippen LogP contribution in [0.4, 0.5) is 0 Å². The Hall–Kier alpha value is -3.54. The van der Waals surface area contributed by atoms with Crippen LogP contribution in [0.1, 0.15) is 25.3 Å². The normalized spacial score (nSPS) is 20.9. The Kier molecular flexibility index (Phi) is 9.73. The molecule has 0 bridgehead atoms. The summed E-state index contributed by atoms with van der Waals surface area (Å²) >= 11 is 6.63. The number of rotatable bonds is 10. The molecule has 2 aromatic heterocycles. The minimum Gasteiger partial charge on any atom is -0.464 e. The third-order valence-electron chi connectivity index (χ3n) is 8.08. The molecule has 11 heteroatoms. The third-order valence-corrected chi connectivity index (χ3v) is 8.37. The van der Waals surface area contributed by atoms with E-state index in [-0.39, 0.29) is 24.6 Å². The van der Waals surface area contributed by atoms with E-state index < -0.39 is 6.10 Å². The monoisotopic (exact) mass is 620 g/mol. The molecular formula is C33H37ClN4O6. The molecule has 0 aliphatic carbocycles. The molecule has 4 heterocycles. The standard InChI is InChI=1S/C33H37ClN4O6/c1-2-29-28(39)18-25(20-43-29)44-33-35-27-19-26(34)31(36-32(27)37-33)24-9-7-23(8-10-24)22-5-3-21(4-6-22)17-30(40)42-16-13-38-11-14-41-15-12-38/h3-10,19,25,28-29,39H,2,11-18,20H2,1H3,(H,35,36,37)/t25-,28+,29-/m1/s1. The van der Waals surface area contributed by atoms with E-state index in [0.717, 1.165) is 61.5 Å². The zero-order valence-electron chi connectivity index (χ0n) is 24.7. The maximum atomic E-state index is 12.3. The number of ether oxygens (including phenoxy) is 4. The second-order valence-corrected chi connectivity index (χ2v) is 11.6. The molecule has 2 aromatic carbocycles. The summed E-state index contributed by atoms with van der Waals surface area (Å²) in [5, 5.41) is 10.8. The fourth-order valence-electron chi connectivity index (χ4n) is 5.58. The smallest absolute Gasteiger partial charge is 0.310 e. The third kappa shape index (κ3) is 7.39. The molecule has 232 valence electrons. The first-order valence-electron chi connectivity index (χ1n) is 15.1. The summed E-state index contributed by atoms with van der Waals surface area (Å²) in [4.78, 5) is 26.9. The summed E-state index contributed by atoms with van der Waals surface area (Å²) in [7, 11) is 0. The lowest BCUT2D eigenvalue weighted by Gasteiger charge is -2.32. The average Bonchev–Trinajstić information content (AvgIpc) is 3.42. The van der Waals surface area contributed by atoms with Gasteiger partial charge in [-0.15, -0.1) is 0 Å². The van der Waals surface area contributed by atoms with Gasteiger partial charge < -0.3 is 29.0 Å². The highest BCUT2D eigenvalue weighted by atomic mass is 35.5. The van der Waals surface area contributed by atoms with Gasteiger partial charge in [0.2, 0.25) is 0 Å². The Balaban J connectivity index is 1.06. The fourth-order valence-corrected chi connectivity index (χ4v) is 5.84. The van der Waals surface area contributed by atoms with Crippen molar-refractivity contribution in [1.82, 2.24) is 19.9 Å². The van der Waals surface area contributed by atoms with Gasteiger partial charge in [-0.1, -0.05) is 67.1 Å². The van der Waals surface area contributed by atoms with Crippen molar-refractivity contribution in [3.8, 4) is 28.4 Å². The zero-order valence-corrected chi connectivity index (χ0v) is 25.5. The number of morpholine rings is 1. The average molecular weight is 621 g/mol. The topological polar surface area (TPSA) is 119 Å². The minimum atomic E-state index is -0.567. The number of carbonyl (C=O) groups is 1. The van der Waals surface area contributed by atoms with E-state index in [4.69, 9.17) is 35.5 Å². The molecule has 3 atom stereocenters. The van der Waals surface area contributed by atoms with Gasteiger partial charge >= 0.3 is 5.97 Å². The van der Waals surface area contributed by atoms with E-state index in [1.165, 1.54) is 0 Å². The number of halogens is 1. The predicted molar refractivity (Wildman–Crippen MR) is 167 cm³/mol. The maximum absolute atomic E-state index is 12.3. The van der Waals surface area contributed by atoms with Crippen LogP contribution in [-0.4, -0.2) is 95.3 Å². The Labute approximate surface area is 261 Å². The number of esters is 1. The van der Waals surface area contributed by atoms with Crippen molar-refractivity contribution in [2.45, 2.75) is 44.5 Å². The number of nitrogens with one attached hydrogen (secondary N) is 1. The summed E-state index contributed by atoms with van der Waals surface area (Å²) < 4.78 is 22.5. The SMILES string of the molecule is CC[C@H]1OC[C@H](Oc2nc3nc(-c4ccc(-c5ccc(CC(=O)OCCN6CCOCC6)cc5)cc4)c(Cl)cc3[nH]2)C[C@@H]1O. The zero-order chi connectivity index (χ0) is 30.5. The highest BCUT2D eigenvalue weighted by Gasteiger charge is 2.30. The van der Waals surface area contributed by atoms with Gasteiger partial charge in [0.1, 0.15) is 12.7 Å². The molecule has 6 rings (SSSR count). The van der Waals surface area contributed by atoms with Crippen LogP contribution in [0.2, 0.25) is 5.02 Å². The molecule has 0 radical (unpaired) electrons. The first kappa shape index (κ1) is 30.5. The van der Waals surface area contributed by atoms with Crippen LogP contribution in [0.5, 0.6) is 6.01 Å². The first-order valence-corrected chi connectivity index (χ1v) is 15.5. The number of fused-ring (bicyclic) bond motifs is 1. The second kappa shape index (κ2) is 14.0. The molecule has 2 aliphatic rings. The van der Waals surface area contributed by atoms with Crippen LogP contribution < -0.4 is 4.74 Å². The summed E-state index contributed by atoms with van der Waals surface area (Å²) in [5.74, 6) is -0.223. The number of nitrogens with zero attached hydrogens (tertiary/aromatic N) is 3. The molecule has 0 amide bonds. The van der Waals surface area contributed by atoms with Crippen molar-refractivity contribution in [3.05, 3.63) is 65.2 Å². The van der Waals surface area contributed by atoms with Crippen molar-refractivity contribution < 1.29 is 28.8 Å². The second-order valence-electron chi connectivity index (χ2n) is 11.2. The predicted octanol–water partition coefficient (Wildman–Crippen LogP) is 4.67. The van der Waals surface area contributed by atoms with Crippen molar-refractivity contribution in [2.75, 3.05) is 46.1 Å². The number of aromatic nitrogens is 3. The Morgan fingerprint density at radius 2 is 1.77 bits per heavy atom. The molecule has 0 saturated carbocycles. The molecule has 4 aromatic rings. The summed E-state index contributed by atoms with van der Waals surface area (Å²) in [6.07, 6.45) is 0.445. The molecule has 0 spiro atoms.